The number of nitrogens with zero attached hydrogens (tertiary/aromatic N) is 1. The summed E-state index contributed by atoms with van der Waals surface area (Å²) in [6, 6.07) is 17.1. The third-order valence-electron chi connectivity index (χ3n) is 4.56. The largest absolute Gasteiger partial charge is 0.377 e. The van der Waals surface area contributed by atoms with Crippen LogP contribution in [0, 0.1) is 25.2 Å². The number of carbonyl (C=O) groups is 1. The number of nitriles is 1. The van der Waals surface area contributed by atoms with Crippen molar-refractivity contribution in [2.75, 3.05) is 5.32 Å². The number of nitrogens with one attached hydrogen (secondary N) is 1. The highest BCUT2D eigenvalue weighted by atomic mass is 35.5. The van der Waals surface area contributed by atoms with E-state index in [2.05, 4.69) is 5.32 Å². The number of benzene rings is 3. The van der Waals surface area contributed by atoms with E-state index < -0.39 is 16.0 Å². The zero-order valence-corrected chi connectivity index (χ0v) is 19.9. The molecule has 0 fully saturated rings. The Morgan fingerprint density at radius 3 is 2.33 bits per heavy atom. The van der Waals surface area contributed by atoms with Gasteiger partial charge in [0.15, 0.2) is 5.75 Å². The van der Waals surface area contributed by atoms with Crippen molar-refractivity contribution >= 4 is 51.0 Å². The van der Waals surface area contributed by atoms with Gasteiger partial charge in [-0.1, -0.05) is 47.0 Å². The van der Waals surface area contributed by atoms with Crippen molar-refractivity contribution in [1.82, 2.24) is 0 Å². The van der Waals surface area contributed by atoms with Gasteiger partial charge in [-0.3, -0.25) is 4.79 Å². The van der Waals surface area contributed by atoms with Crippen molar-refractivity contribution < 1.29 is 17.4 Å². The van der Waals surface area contributed by atoms with Crippen LogP contribution in [0.3, 0.4) is 0 Å². The Labute approximate surface area is 202 Å². The molecule has 0 atom stereocenters. The second-order valence-electron chi connectivity index (χ2n) is 7.12. The molecule has 1 amide bonds. The minimum atomic E-state index is -4.12. The monoisotopic (exact) mass is 500 g/mol. The number of carbonyl (C=O) groups excluding carboxylic acids is 1. The Morgan fingerprint density at radius 2 is 1.73 bits per heavy atom. The SMILES string of the molecule is Cc1ccc(NC(=O)/C(C#N)=C/c2ccc(OS(=O)(=O)c3ccc(Cl)cc3)c(Cl)c2)c(C)c1. The normalized spacial score (nSPS) is 11.5. The number of hydrogen-bond acceptors (Lipinski definition) is 5. The number of rotatable bonds is 6. The number of anilines is 1. The fraction of sp³-hybridized carbons (Fsp3) is 0.0833. The molecule has 0 saturated heterocycles. The Bertz CT molecular complexity index is 1390. The highest BCUT2D eigenvalue weighted by Crippen LogP contribution is 2.29. The van der Waals surface area contributed by atoms with E-state index in [9.17, 15) is 18.5 Å². The molecule has 0 aromatic heterocycles. The summed E-state index contributed by atoms with van der Waals surface area (Å²) in [5, 5.41) is 12.5. The summed E-state index contributed by atoms with van der Waals surface area (Å²) in [6.45, 7) is 3.80. The first kappa shape index (κ1) is 24.3. The number of halogens is 2. The molecular formula is C24H18Cl2N2O4S. The van der Waals surface area contributed by atoms with Gasteiger partial charge in [0.1, 0.15) is 16.5 Å². The molecule has 33 heavy (non-hydrogen) atoms. The molecule has 9 heteroatoms. The maximum atomic E-state index is 12.6. The van der Waals surface area contributed by atoms with E-state index in [4.69, 9.17) is 27.4 Å². The molecule has 0 aliphatic rings. The molecule has 3 aromatic rings. The first-order valence-electron chi connectivity index (χ1n) is 9.59. The first-order valence-corrected chi connectivity index (χ1v) is 11.8. The van der Waals surface area contributed by atoms with E-state index >= 15 is 0 Å². The zero-order valence-electron chi connectivity index (χ0n) is 17.6. The van der Waals surface area contributed by atoms with E-state index in [0.717, 1.165) is 11.1 Å². The Balaban J connectivity index is 1.80. The lowest BCUT2D eigenvalue weighted by atomic mass is 10.1. The summed E-state index contributed by atoms with van der Waals surface area (Å²) in [5.74, 6) is -0.673. The maximum absolute atomic E-state index is 12.6. The molecule has 1 N–H and O–H groups in total. The molecule has 0 saturated carbocycles. The third kappa shape index (κ3) is 6.14. The van der Waals surface area contributed by atoms with Gasteiger partial charge in [-0.2, -0.15) is 13.7 Å². The van der Waals surface area contributed by atoms with Crippen LogP contribution in [-0.2, 0) is 14.9 Å². The summed E-state index contributed by atoms with van der Waals surface area (Å²) < 4.78 is 30.0. The number of aryl methyl sites for hydroxylation is 2. The molecule has 6 nitrogen and oxygen atoms in total. The molecule has 3 aromatic carbocycles. The second kappa shape index (κ2) is 10.1. The Hall–Kier alpha value is -3.31. The Morgan fingerprint density at radius 1 is 1.03 bits per heavy atom. The molecule has 0 bridgehead atoms. The number of amides is 1. The van der Waals surface area contributed by atoms with Gasteiger partial charge in [-0.25, -0.2) is 0 Å². The van der Waals surface area contributed by atoms with Gasteiger partial charge >= 0.3 is 10.1 Å². The lowest BCUT2D eigenvalue weighted by Gasteiger charge is -2.10. The molecule has 168 valence electrons. The van der Waals surface area contributed by atoms with Crippen LogP contribution in [0.1, 0.15) is 16.7 Å². The molecule has 0 aliphatic heterocycles. The predicted octanol–water partition coefficient (Wildman–Crippen LogP) is 5.92. The van der Waals surface area contributed by atoms with Gasteiger partial charge in [-0.05, 0) is 73.5 Å². The highest BCUT2D eigenvalue weighted by Gasteiger charge is 2.19. The predicted molar refractivity (Wildman–Crippen MR) is 129 cm³/mol. The van der Waals surface area contributed by atoms with Crippen LogP contribution in [0.4, 0.5) is 5.69 Å². The van der Waals surface area contributed by atoms with Crippen molar-refractivity contribution in [3.63, 3.8) is 0 Å². The molecule has 3 rings (SSSR count). The van der Waals surface area contributed by atoms with Crippen LogP contribution in [0.15, 0.2) is 71.1 Å². The average molecular weight is 501 g/mol. The van der Waals surface area contributed by atoms with Crippen LogP contribution in [-0.4, -0.2) is 14.3 Å². The van der Waals surface area contributed by atoms with Gasteiger partial charge in [-0.15, -0.1) is 0 Å². The van der Waals surface area contributed by atoms with Crippen molar-refractivity contribution in [3.05, 3.63) is 93.0 Å². The fourth-order valence-corrected chi connectivity index (χ4v) is 4.25. The van der Waals surface area contributed by atoms with Crippen molar-refractivity contribution in [1.29, 1.82) is 5.26 Å². The van der Waals surface area contributed by atoms with Gasteiger partial charge < -0.3 is 9.50 Å². The maximum Gasteiger partial charge on any atom is 0.339 e. The summed E-state index contributed by atoms with van der Waals surface area (Å²) in [5.41, 5.74) is 2.79. The minimum absolute atomic E-state index is 0.00614. The summed E-state index contributed by atoms with van der Waals surface area (Å²) in [6.07, 6.45) is 1.35. The molecule has 0 aliphatic carbocycles. The Kier molecular flexibility index (Phi) is 7.44. The molecule has 0 unspecified atom stereocenters. The quantitative estimate of drug-likeness (QED) is 0.257. The smallest absolute Gasteiger partial charge is 0.339 e. The molecule has 0 spiro atoms. The van der Waals surface area contributed by atoms with Crippen LogP contribution < -0.4 is 9.50 Å². The minimum Gasteiger partial charge on any atom is -0.377 e. The summed E-state index contributed by atoms with van der Waals surface area (Å²) >= 11 is 12.0. The van der Waals surface area contributed by atoms with E-state index in [-0.39, 0.29) is 21.2 Å². The average Bonchev–Trinajstić information content (AvgIpc) is 2.76. The van der Waals surface area contributed by atoms with E-state index in [1.165, 1.54) is 48.5 Å². The van der Waals surface area contributed by atoms with Crippen LogP contribution >= 0.6 is 23.2 Å². The summed E-state index contributed by atoms with van der Waals surface area (Å²) in [4.78, 5) is 12.5. The van der Waals surface area contributed by atoms with E-state index in [0.29, 0.717) is 16.3 Å². The van der Waals surface area contributed by atoms with Crippen molar-refractivity contribution in [2.45, 2.75) is 18.7 Å². The van der Waals surface area contributed by atoms with E-state index in [1.54, 1.807) is 6.07 Å². The number of hydrogen-bond donors (Lipinski definition) is 1. The van der Waals surface area contributed by atoms with Gasteiger partial charge in [0.05, 0.1) is 5.02 Å². The summed E-state index contributed by atoms with van der Waals surface area (Å²) in [7, 11) is -4.12. The second-order valence-corrected chi connectivity index (χ2v) is 9.51. The van der Waals surface area contributed by atoms with Gasteiger partial charge in [0, 0.05) is 10.7 Å². The third-order valence-corrected chi connectivity index (χ3v) is 6.36. The van der Waals surface area contributed by atoms with Crippen LogP contribution in [0.5, 0.6) is 5.75 Å². The highest BCUT2D eigenvalue weighted by molar-refractivity contribution is 7.87. The topological polar surface area (TPSA) is 96.3 Å². The van der Waals surface area contributed by atoms with Gasteiger partial charge in [0.25, 0.3) is 5.91 Å². The van der Waals surface area contributed by atoms with E-state index in [1.807, 2.05) is 32.0 Å². The van der Waals surface area contributed by atoms with Crippen LogP contribution in [0.25, 0.3) is 6.08 Å². The van der Waals surface area contributed by atoms with Gasteiger partial charge in [0.2, 0.25) is 0 Å². The van der Waals surface area contributed by atoms with Crippen molar-refractivity contribution in [2.24, 2.45) is 0 Å². The first-order chi connectivity index (χ1) is 15.6. The molecule has 0 heterocycles. The molecule has 0 radical (unpaired) electrons. The molecular weight excluding hydrogens is 483 g/mol. The standard InChI is InChI=1S/C24H18Cl2N2O4S/c1-15-3-9-22(16(2)11-15)28-24(29)18(14-27)12-17-4-10-23(21(26)13-17)32-33(30,31)20-7-5-19(25)6-8-20/h3-13H,1-2H3,(H,28,29)/b18-12+. The zero-order chi connectivity index (χ0) is 24.2. The lowest BCUT2D eigenvalue weighted by molar-refractivity contribution is -0.112. The fourth-order valence-electron chi connectivity index (χ4n) is 2.90. The van der Waals surface area contributed by atoms with Crippen molar-refractivity contribution in [3.8, 4) is 11.8 Å². The van der Waals surface area contributed by atoms with Crippen LogP contribution in [0.2, 0.25) is 10.0 Å². The lowest BCUT2D eigenvalue weighted by Crippen LogP contribution is -2.14.